The minimum atomic E-state index is 0.0954. The molecule has 1 aromatic heterocycles. The molecule has 2 aromatic rings. The number of halogens is 2. The second-order valence-corrected chi connectivity index (χ2v) is 7.02. The Kier molecular flexibility index (Phi) is 4.26. The first-order valence-electron chi connectivity index (χ1n) is 8.27. The summed E-state index contributed by atoms with van der Waals surface area (Å²) in [6.45, 7) is 2.35. The van der Waals surface area contributed by atoms with Gasteiger partial charge in [-0.05, 0) is 18.2 Å². The van der Waals surface area contributed by atoms with Gasteiger partial charge < -0.3 is 15.8 Å². The molecule has 0 bridgehead atoms. The summed E-state index contributed by atoms with van der Waals surface area (Å²) in [7, 11) is 0. The second-order valence-electron chi connectivity index (χ2n) is 6.20. The first-order chi connectivity index (χ1) is 12.5. The summed E-state index contributed by atoms with van der Waals surface area (Å²) in [5, 5.41) is 22.1. The van der Waals surface area contributed by atoms with Crippen molar-refractivity contribution in [1.82, 2.24) is 9.58 Å². The molecule has 0 radical (unpaired) electrons. The lowest BCUT2D eigenvalue weighted by Gasteiger charge is -2.32. The van der Waals surface area contributed by atoms with Gasteiger partial charge in [-0.25, -0.2) is 0 Å². The number of nitrogens with one attached hydrogen (secondary N) is 1. The summed E-state index contributed by atoms with van der Waals surface area (Å²) in [6, 6.07) is 7.51. The van der Waals surface area contributed by atoms with Gasteiger partial charge in [-0.3, -0.25) is 5.41 Å². The van der Waals surface area contributed by atoms with Crippen molar-refractivity contribution < 1.29 is 4.85 Å². The third kappa shape index (κ3) is 2.53. The second kappa shape index (κ2) is 6.46. The van der Waals surface area contributed by atoms with Crippen LogP contribution in [0, 0.1) is 10.6 Å². The van der Waals surface area contributed by atoms with Gasteiger partial charge in [0.05, 0.1) is 33.4 Å². The fraction of sp³-hybridized carbons (Fsp3) is 0.222. The summed E-state index contributed by atoms with van der Waals surface area (Å²) < 4.78 is 1.73. The number of fused-ring (bicyclic) bond motifs is 3. The highest BCUT2D eigenvalue weighted by molar-refractivity contribution is 6.56. The number of hydrogen-bond acceptors (Lipinski definition) is 4. The SMILES string of the molecule is N=C1C(Cl)=CC(=C2c3c4ccccc4[n+]([O-])n3CCN2CCN)C=C1Cl. The Labute approximate surface area is 160 Å². The van der Waals surface area contributed by atoms with Crippen LogP contribution in [0.3, 0.4) is 0 Å². The van der Waals surface area contributed by atoms with Gasteiger partial charge in [0.2, 0.25) is 0 Å². The van der Waals surface area contributed by atoms with E-state index in [4.69, 9.17) is 34.3 Å². The number of allylic oxidation sites excluding steroid dienone is 5. The molecule has 1 aliphatic heterocycles. The molecule has 0 unspecified atom stereocenters. The van der Waals surface area contributed by atoms with Crippen LogP contribution in [0.15, 0.2) is 52.1 Å². The monoisotopic (exact) mass is 389 g/mol. The van der Waals surface area contributed by atoms with Gasteiger partial charge in [-0.1, -0.05) is 40.2 Å². The average Bonchev–Trinajstić information content (AvgIpc) is 2.92. The molecule has 2 aliphatic rings. The van der Waals surface area contributed by atoms with E-state index >= 15 is 0 Å². The molecule has 2 heterocycles. The molecule has 0 saturated carbocycles. The van der Waals surface area contributed by atoms with Gasteiger partial charge in [0.25, 0.3) is 5.52 Å². The van der Waals surface area contributed by atoms with E-state index in [1.165, 1.54) is 0 Å². The Morgan fingerprint density at radius 3 is 2.54 bits per heavy atom. The number of hydrogen-bond donors (Lipinski definition) is 2. The zero-order valence-corrected chi connectivity index (χ0v) is 15.4. The van der Waals surface area contributed by atoms with Gasteiger partial charge >= 0.3 is 0 Å². The molecule has 0 atom stereocenters. The molecule has 0 spiro atoms. The summed E-state index contributed by atoms with van der Waals surface area (Å²) in [5.41, 5.74) is 8.97. The molecule has 26 heavy (non-hydrogen) atoms. The van der Waals surface area contributed by atoms with E-state index in [-0.39, 0.29) is 15.8 Å². The zero-order valence-electron chi connectivity index (χ0n) is 13.9. The third-order valence-electron chi connectivity index (χ3n) is 4.68. The van der Waals surface area contributed by atoms with Crippen molar-refractivity contribution in [2.75, 3.05) is 19.6 Å². The van der Waals surface area contributed by atoms with Crippen molar-refractivity contribution in [2.45, 2.75) is 6.54 Å². The summed E-state index contributed by atoms with van der Waals surface area (Å²) in [6.07, 6.45) is 3.45. The Bertz CT molecular complexity index is 994. The van der Waals surface area contributed by atoms with Crippen LogP contribution in [0.1, 0.15) is 5.69 Å². The van der Waals surface area contributed by atoms with E-state index in [2.05, 4.69) is 4.90 Å². The highest BCUT2D eigenvalue weighted by Gasteiger charge is 2.32. The number of para-hydroxylation sites is 1. The van der Waals surface area contributed by atoms with Crippen LogP contribution in [-0.4, -0.2) is 34.9 Å². The van der Waals surface area contributed by atoms with E-state index in [1.807, 2.05) is 24.3 Å². The predicted octanol–water partition coefficient (Wildman–Crippen LogP) is 2.54. The van der Waals surface area contributed by atoms with Crippen LogP contribution in [0.2, 0.25) is 0 Å². The molecule has 0 amide bonds. The van der Waals surface area contributed by atoms with E-state index < -0.39 is 0 Å². The van der Waals surface area contributed by atoms with Crippen molar-refractivity contribution in [3.8, 4) is 0 Å². The topological polar surface area (TPSA) is 85.0 Å². The lowest BCUT2D eigenvalue weighted by atomic mass is 10.00. The number of aromatic nitrogens is 2. The maximum atomic E-state index is 12.7. The van der Waals surface area contributed by atoms with Crippen LogP contribution < -0.4 is 10.6 Å². The molecule has 6 nitrogen and oxygen atoms in total. The average molecular weight is 390 g/mol. The lowest BCUT2D eigenvalue weighted by Crippen LogP contribution is -2.45. The van der Waals surface area contributed by atoms with Crippen molar-refractivity contribution in [3.05, 3.63) is 63.0 Å². The summed E-state index contributed by atoms with van der Waals surface area (Å²) in [5.74, 6) is 0. The minimum absolute atomic E-state index is 0.0954. The van der Waals surface area contributed by atoms with E-state index in [0.717, 1.165) is 27.2 Å². The highest BCUT2D eigenvalue weighted by atomic mass is 35.5. The van der Waals surface area contributed by atoms with Crippen molar-refractivity contribution in [2.24, 2.45) is 5.73 Å². The smallest absolute Gasteiger partial charge is 0.252 e. The summed E-state index contributed by atoms with van der Waals surface area (Å²) in [4.78, 5) is 3.08. The number of nitrogens with two attached hydrogens (primary N) is 1. The van der Waals surface area contributed by atoms with Crippen molar-refractivity contribution in [3.63, 3.8) is 0 Å². The normalized spacial score (nSPS) is 17.5. The maximum Gasteiger partial charge on any atom is 0.252 e. The van der Waals surface area contributed by atoms with Gasteiger partial charge in [-0.15, -0.1) is 4.68 Å². The van der Waals surface area contributed by atoms with Crippen molar-refractivity contribution in [1.29, 1.82) is 5.41 Å². The molecule has 0 fully saturated rings. The summed E-state index contributed by atoms with van der Waals surface area (Å²) >= 11 is 12.4. The molecular formula is C18H17Cl2N5O. The Morgan fingerprint density at radius 2 is 1.85 bits per heavy atom. The van der Waals surface area contributed by atoms with Crippen LogP contribution in [-0.2, 0) is 6.54 Å². The molecule has 3 N–H and O–H groups in total. The lowest BCUT2D eigenvalue weighted by molar-refractivity contribution is -0.671. The largest absolute Gasteiger partial charge is 0.595 e. The quantitative estimate of drug-likeness (QED) is 0.611. The minimum Gasteiger partial charge on any atom is -0.595 e. The first-order valence-corrected chi connectivity index (χ1v) is 9.03. The standard InChI is InChI=1S/C18H17Cl2N5O/c19-13-9-11(10-14(20)16(13)22)17-18-12-3-1-2-4-15(12)25(26)24(18)8-7-23(17)6-5-21/h1-4,9-10,22H,5-8,21H2. The Balaban J connectivity index is 2.05. The van der Waals surface area contributed by atoms with Gasteiger partial charge in [0.1, 0.15) is 5.69 Å². The van der Waals surface area contributed by atoms with Crippen LogP contribution in [0.5, 0.6) is 0 Å². The molecule has 134 valence electrons. The predicted molar refractivity (Wildman–Crippen MR) is 104 cm³/mol. The molecule has 1 aromatic carbocycles. The van der Waals surface area contributed by atoms with Crippen molar-refractivity contribution >= 4 is 45.5 Å². The van der Waals surface area contributed by atoms with Gasteiger partial charge in [0, 0.05) is 31.3 Å². The molecule has 1 aliphatic carbocycles. The van der Waals surface area contributed by atoms with Gasteiger partial charge in [-0.2, -0.15) is 0 Å². The number of benzene rings is 1. The fourth-order valence-corrected chi connectivity index (χ4v) is 4.03. The number of nitrogens with zero attached hydrogens (tertiary/aromatic N) is 3. The number of rotatable bonds is 2. The van der Waals surface area contributed by atoms with Crippen LogP contribution >= 0.6 is 23.2 Å². The van der Waals surface area contributed by atoms with E-state index in [1.54, 1.807) is 16.8 Å². The molecule has 8 heteroatoms. The fourth-order valence-electron chi connectivity index (χ4n) is 3.54. The Morgan fingerprint density at radius 1 is 1.15 bits per heavy atom. The third-order valence-corrected chi connectivity index (χ3v) is 5.28. The zero-order chi connectivity index (χ0) is 18.4. The Hall–Kier alpha value is -2.28. The first kappa shape index (κ1) is 17.1. The molecule has 4 rings (SSSR count). The molecular weight excluding hydrogens is 373 g/mol. The maximum absolute atomic E-state index is 12.7. The van der Waals surface area contributed by atoms with Crippen LogP contribution in [0.4, 0.5) is 0 Å². The highest BCUT2D eigenvalue weighted by Crippen LogP contribution is 2.36. The van der Waals surface area contributed by atoms with Crippen LogP contribution in [0.25, 0.3) is 16.6 Å². The van der Waals surface area contributed by atoms with E-state index in [9.17, 15) is 5.21 Å². The van der Waals surface area contributed by atoms with E-state index in [0.29, 0.717) is 31.7 Å². The van der Waals surface area contributed by atoms with Gasteiger partial charge in [0.15, 0.2) is 0 Å². The molecule has 0 saturated heterocycles.